The van der Waals surface area contributed by atoms with Crippen LogP contribution in [-0.2, 0) is 5.41 Å². The maximum absolute atomic E-state index is 5.13. The SMILES string of the molecule is CC1(C)CC1(C)c1cccc2c3ccccc3c3cn(-c4ccccc4)nc3c12. The van der Waals surface area contributed by atoms with Crippen molar-refractivity contribution < 1.29 is 0 Å². The number of hydrogen-bond donors (Lipinski definition) is 0. The molecule has 0 aliphatic heterocycles. The van der Waals surface area contributed by atoms with Crippen LogP contribution in [0.3, 0.4) is 0 Å². The number of para-hydroxylation sites is 1. The molecule has 0 amide bonds. The van der Waals surface area contributed by atoms with Gasteiger partial charge in [-0.25, -0.2) is 4.68 Å². The van der Waals surface area contributed by atoms with Crippen LogP contribution in [0.2, 0.25) is 0 Å². The van der Waals surface area contributed by atoms with Crippen LogP contribution < -0.4 is 0 Å². The number of nitrogens with zero attached hydrogens (tertiary/aromatic N) is 2. The first-order valence-electron chi connectivity index (χ1n) is 10.4. The third-order valence-corrected chi connectivity index (χ3v) is 7.30. The zero-order valence-corrected chi connectivity index (χ0v) is 17.1. The fraction of sp³-hybridized carbons (Fsp3) is 0.222. The van der Waals surface area contributed by atoms with Crippen molar-refractivity contribution in [3.63, 3.8) is 0 Å². The lowest BCUT2D eigenvalue weighted by molar-refractivity contribution is 0.531. The summed E-state index contributed by atoms with van der Waals surface area (Å²) in [6.07, 6.45) is 3.41. The number of hydrogen-bond acceptors (Lipinski definition) is 1. The Bertz CT molecular complexity index is 1410. The number of fused-ring (bicyclic) bond motifs is 6. The molecule has 1 heterocycles. The maximum Gasteiger partial charge on any atom is 0.101 e. The van der Waals surface area contributed by atoms with E-state index in [1.165, 1.54) is 38.9 Å². The third-order valence-electron chi connectivity index (χ3n) is 7.30. The molecular formula is C27H24N2. The highest BCUT2D eigenvalue weighted by atomic mass is 15.3. The van der Waals surface area contributed by atoms with Crippen LogP contribution in [0.4, 0.5) is 0 Å². The molecule has 1 aromatic heterocycles. The van der Waals surface area contributed by atoms with Crippen LogP contribution in [-0.4, -0.2) is 9.78 Å². The summed E-state index contributed by atoms with van der Waals surface area (Å²) in [5, 5.41) is 11.6. The van der Waals surface area contributed by atoms with Crippen molar-refractivity contribution in [3.8, 4) is 5.69 Å². The molecule has 1 aliphatic carbocycles. The smallest absolute Gasteiger partial charge is 0.101 e. The first kappa shape index (κ1) is 16.8. The van der Waals surface area contributed by atoms with Crippen LogP contribution in [0.1, 0.15) is 32.8 Å². The molecule has 2 nitrogen and oxygen atoms in total. The zero-order chi connectivity index (χ0) is 19.8. The maximum atomic E-state index is 5.13. The Morgan fingerprint density at radius 3 is 2.03 bits per heavy atom. The van der Waals surface area contributed by atoms with E-state index in [1.54, 1.807) is 0 Å². The van der Waals surface area contributed by atoms with Crippen molar-refractivity contribution in [1.82, 2.24) is 9.78 Å². The van der Waals surface area contributed by atoms with Crippen LogP contribution in [0.25, 0.3) is 38.1 Å². The second kappa shape index (κ2) is 5.48. The topological polar surface area (TPSA) is 17.8 Å². The highest BCUT2D eigenvalue weighted by Crippen LogP contribution is 2.65. The summed E-state index contributed by atoms with van der Waals surface area (Å²) in [6, 6.07) is 26.0. The predicted octanol–water partition coefficient (Wildman–Crippen LogP) is 7.02. The van der Waals surface area contributed by atoms with Crippen molar-refractivity contribution in [2.24, 2.45) is 5.41 Å². The number of rotatable bonds is 2. The summed E-state index contributed by atoms with van der Waals surface area (Å²) < 4.78 is 2.04. The lowest BCUT2D eigenvalue weighted by atomic mass is 9.84. The van der Waals surface area contributed by atoms with Gasteiger partial charge in [0.15, 0.2) is 0 Å². The molecule has 0 spiro atoms. The quantitative estimate of drug-likeness (QED) is 0.303. The van der Waals surface area contributed by atoms with Crippen LogP contribution in [0.5, 0.6) is 0 Å². The minimum absolute atomic E-state index is 0.193. The Balaban J connectivity index is 1.80. The van der Waals surface area contributed by atoms with E-state index >= 15 is 0 Å². The molecule has 1 atom stereocenters. The molecule has 0 radical (unpaired) electrons. The molecule has 5 aromatic rings. The first-order chi connectivity index (χ1) is 14.0. The van der Waals surface area contributed by atoms with Crippen molar-refractivity contribution >= 4 is 32.4 Å². The monoisotopic (exact) mass is 376 g/mol. The van der Waals surface area contributed by atoms with Gasteiger partial charge in [-0.05, 0) is 51.1 Å². The number of benzene rings is 4. The van der Waals surface area contributed by atoms with Crippen LogP contribution in [0, 0.1) is 5.41 Å². The molecule has 0 bridgehead atoms. The molecule has 2 heteroatoms. The van der Waals surface area contributed by atoms with Crippen molar-refractivity contribution in [2.45, 2.75) is 32.6 Å². The van der Waals surface area contributed by atoms with Gasteiger partial charge in [-0.3, -0.25) is 0 Å². The van der Waals surface area contributed by atoms with E-state index < -0.39 is 0 Å². The normalized spacial score (nSPS) is 20.5. The minimum Gasteiger partial charge on any atom is -0.240 e. The summed E-state index contributed by atoms with van der Waals surface area (Å²) in [4.78, 5) is 0. The molecule has 142 valence electrons. The second-order valence-electron chi connectivity index (χ2n) is 9.34. The summed E-state index contributed by atoms with van der Waals surface area (Å²) in [7, 11) is 0. The van der Waals surface area contributed by atoms with E-state index in [2.05, 4.69) is 93.7 Å². The van der Waals surface area contributed by atoms with Gasteiger partial charge >= 0.3 is 0 Å². The van der Waals surface area contributed by atoms with Gasteiger partial charge in [0, 0.05) is 17.0 Å². The highest BCUT2D eigenvalue weighted by Gasteiger charge is 2.58. The average molecular weight is 377 g/mol. The summed E-state index contributed by atoms with van der Waals surface area (Å²) >= 11 is 0. The zero-order valence-electron chi connectivity index (χ0n) is 17.1. The Labute approximate surface area is 170 Å². The largest absolute Gasteiger partial charge is 0.240 e. The third kappa shape index (κ3) is 2.20. The van der Waals surface area contributed by atoms with Gasteiger partial charge in [0.1, 0.15) is 5.52 Å². The Morgan fingerprint density at radius 1 is 0.724 bits per heavy atom. The molecule has 6 rings (SSSR count). The lowest BCUT2D eigenvalue weighted by Crippen LogP contribution is -2.10. The highest BCUT2D eigenvalue weighted by molar-refractivity contribution is 6.25. The van der Waals surface area contributed by atoms with Crippen molar-refractivity contribution in [3.05, 3.63) is 84.6 Å². The van der Waals surface area contributed by atoms with Crippen molar-refractivity contribution in [2.75, 3.05) is 0 Å². The average Bonchev–Trinajstić information content (AvgIpc) is 3.07. The first-order valence-corrected chi connectivity index (χ1v) is 10.4. The number of aromatic nitrogens is 2. The molecule has 4 aromatic carbocycles. The van der Waals surface area contributed by atoms with Gasteiger partial charge < -0.3 is 0 Å². The van der Waals surface area contributed by atoms with Gasteiger partial charge in [-0.2, -0.15) is 5.10 Å². The fourth-order valence-electron chi connectivity index (χ4n) is 5.21. The van der Waals surface area contributed by atoms with Gasteiger partial charge in [0.25, 0.3) is 0 Å². The molecule has 29 heavy (non-hydrogen) atoms. The molecule has 1 saturated carbocycles. The fourth-order valence-corrected chi connectivity index (χ4v) is 5.21. The summed E-state index contributed by atoms with van der Waals surface area (Å²) in [5.74, 6) is 0. The standard InChI is InChI=1S/C27H24N2/c1-26(2)17-27(26,3)23-15-9-14-21-19-12-7-8-13-20(19)22-16-29(28-25(22)24(21)23)18-10-5-4-6-11-18/h4-16H,17H2,1-3H3. The Hall–Kier alpha value is -3.13. The van der Waals surface area contributed by atoms with E-state index in [9.17, 15) is 0 Å². The molecule has 0 saturated heterocycles. The molecule has 0 N–H and O–H groups in total. The molecular weight excluding hydrogens is 352 g/mol. The van der Waals surface area contributed by atoms with Gasteiger partial charge in [0.05, 0.1) is 5.69 Å². The van der Waals surface area contributed by atoms with E-state index in [0.29, 0.717) is 5.41 Å². The van der Waals surface area contributed by atoms with E-state index in [4.69, 9.17) is 5.10 Å². The Morgan fingerprint density at radius 2 is 1.34 bits per heavy atom. The second-order valence-corrected chi connectivity index (χ2v) is 9.34. The molecule has 1 fully saturated rings. The predicted molar refractivity (Wildman–Crippen MR) is 122 cm³/mol. The van der Waals surface area contributed by atoms with E-state index in [1.807, 2.05) is 10.7 Å². The summed E-state index contributed by atoms with van der Waals surface area (Å²) in [5.41, 5.74) is 4.16. The molecule has 1 unspecified atom stereocenters. The van der Waals surface area contributed by atoms with Crippen LogP contribution >= 0.6 is 0 Å². The Kier molecular flexibility index (Phi) is 3.17. The summed E-state index contributed by atoms with van der Waals surface area (Å²) in [6.45, 7) is 7.18. The van der Waals surface area contributed by atoms with Crippen LogP contribution in [0.15, 0.2) is 79.0 Å². The lowest BCUT2D eigenvalue weighted by Gasteiger charge is -2.19. The van der Waals surface area contributed by atoms with Gasteiger partial charge in [-0.1, -0.05) is 81.4 Å². The van der Waals surface area contributed by atoms with Gasteiger partial charge in [0.2, 0.25) is 0 Å². The van der Waals surface area contributed by atoms with Crippen molar-refractivity contribution in [1.29, 1.82) is 0 Å². The molecule has 1 aliphatic rings. The minimum atomic E-state index is 0.193. The van der Waals surface area contributed by atoms with Gasteiger partial charge in [-0.15, -0.1) is 0 Å². The van der Waals surface area contributed by atoms with E-state index in [0.717, 1.165) is 11.2 Å². The van der Waals surface area contributed by atoms with E-state index in [-0.39, 0.29) is 5.41 Å².